The average molecular weight is 289 g/mol. The molecule has 1 N–H and O–H groups in total. The largest absolute Gasteiger partial charge is 0.465 e. The van der Waals surface area contributed by atoms with Crippen molar-refractivity contribution in [1.29, 1.82) is 0 Å². The van der Waals surface area contributed by atoms with Gasteiger partial charge in [-0.3, -0.25) is 9.59 Å². The molecule has 0 rings (SSSR count). The minimum Gasteiger partial charge on any atom is -0.465 e. The van der Waals surface area contributed by atoms with E-state index in [0.717, 1.165) is 17.9 Å². The predicted molar refractivity (Wildman–Crippen MR) is 80.2 cm³/mol. The number of ether oxygens (including phenoxy) is 1. The summed E-state index contributed by atoms with van der Waals surface area (Å²) in [7, 11) is 0. The first-order chi connectivity index (χ1) is 8.84. The molecule has 0 heterocycles. The Kier molecular flexibility index (Phi) is 8.89. The second kappa shape index (κ2) is 9.23. The number of hydrogen-bond acceptors (Lipinski definition) is 4. The van der Waals surface area contributed by atoms with Crippen LogP contribution in [-0.2, 0) is 14.3 Å². The summed E-state index contributed by atoms with van der Waals surface area (Å²) in [6.45, 7) is 10.4. The van der Waals surface area contributed by atoms with Crippen LogP contribution in [0.15, 0.2) is 0 Å². The summed E-state index contributed by atoms with van der Waals surface area (Å²) >= 11 is 1.85. The van der Waals surface area contributed by atoms with E-state index >= 15 is 0 Å². The van der Waals surface area contributed by atoms with Gasteiger partial charge < -0.3 is 10.1 Å². The van der Waals surface area contributed by atoms with E-state index in [4.69, 9.17) is 4.74 Å². The zero-order chi connectivity index (χ0) is 14.9. The Labute approximate surface area is 121 Å². The van der Waals surface area contributed by atoms with Crippen molar-refractivity contribution in [3.63, 3.8) is 0 Å². The maximum absolute atomic E-state index is 12.1. The molecule has 1 unspecified atom stereocenters. The first-order valence-corrected chi connectivity index (χ1v) is 8.02. The third kappa shape index (κ3) is 7.45. The Bertz CT molecular complexity index is 287. The Balaban J connectivity index is 4.36. The van der Waals surface area contributed by atoms with Gasteiger partial charge in [0.1, 0.15) is 5.92 Å². The maximum atomic E-state index is 12.1. The predicted octanol–water partition coefficient (Wildman–Crippen LogP) is 2.47. The monoisotopic (exact) mass is 289 g/mol. The van der Waals surface area contributed by atoms with Crippen LogP contribution in [0.5, 0.6) is 0 Å². The number of esters is 1. The van der Waals surface area contributed by atoms with Crippen LogP contribution in [0.25, 0.3) is 0 Å². The molecule has 4 nitrogen and oxygen atoms in total. The number of carbonyl (C=O) groups is 2. The van der Waals surface area contributed by atoms with Gasteiger partial charge in [0.05, 0.1) is 6.61 Å². The van der Waals surface area contributed by atoms with Crippen molar-refractivity contribution in [3.8, 4) is 0 Å². The summed E-state index contributed by atoms with van der Waals surface area (Å²) < 4.78 is 4.99. The van der Waals surface area contributed by atoms with E-state index < -0.39 is 17.3 Å². The molecular weight excluding hydrogens is 262 g/mol. The van der Waals surface area contributed by atoms with Gasteiger partial charge in [0.15, 0.2) is 0 Å². The van der Waals surface area contributed by atoms with E-state index in [9.17, 15) is 9.59 Å². The highest BCUT2D eigenvalue weighted by atomic mass is 32.2. The van der Waals surface area contributed by atoms with Gasteiger partial charge in [0.2, 0.25) is 5.91 Å². The standard InChI is InChI=1S/C14H27NO3S/c1-6-18-13(17)11(14(3,4)5)12(16)15-9-8-10-19-7-2/h11H,6-10H2,1-5H3,(H,15,16). The van der Waals surface area contributed by atoms with E-state index in [2.05, 4.69) is 12.2 Å². The minimum absolute atomic E-state index is 0.229. The van der Waals surface area contributed by atoms with Crippen molar-refractivity contribution in [1.82, 2.24) is 5.32 Å². The lowest BCUT2D eigenvalue weighted by Crippen LogP contribution is -2.44. The lowest BCUT2D eigenvalue weighted by Gasteiger charge is -2.27. The molecule has 0 bridgehead atoms. The molecule has 5 heteroatoms. The Hall–Kier alpha value is -0.710. The molecule has 1 amide bonds. The number of thioether (sulfide) groups is 1. The molecule has 0 radical (unpaired) electrons. The number of hydrogen-bond donors (Lipinski definition) is 1. The van der Waals surface area contributed by atoms with Crippen molar-refractivity contribution in [3.05, 3.63) is 0 Å². The van der Waals surface area contributed by atoms with Gasteiger partial charge >= 0.3 is 5.97 Å². The summed E-state index contributed by atoms with van der Waals surface area (Å²) in [5.41, 5.74) is -0.436. The number of carbonyl (C=O) groups excluding carboxylic acids is 2. The molecule has 0 aromatic carbocycles. The Morgan fingerprint density at radius 1 is 1.26 bits per heavy atom. The minimum atomic E-state index is -0.744. The number of rotatable bonds is 8. The van der Waals surface area contributed by atoms with Gasteiger partial charge in [-0.1, -0.05) is 27.7 Å². The van der Waals surface area contributed by atoms with Crippen LogP contribution in [0, 0.1) is 11.3 Å². The molecule has 0 spiro atoms. The molecular formula is C14H27NO3S. The van der Waals surface area contributed by atoms with E-state index in [0.29, 0.717) is 13.2 Å². The summed E-state index contributed by atoms with van der Waals surface area (Å²) in [5.74, 6) is 0.701. The fraction of sp³-hybridized carbons (Fsp3) is 0.857. The Morgan fingerprint density at radius 2 is 1.89 bits per heavy atom. The van der Waals surface area contributed by atoms with Gasteiger partial charge in [0.25, 0.3) is 0 Å². The molecule has 0 fully saturated rings. The van der Waals surface area contributed by atoms with Gasteiger partial charge in [-0.15, -0.1) is 0 Å². The molecule has 19 heavy (non-hydrogen) atoms. The average Bonchev–Trinajstić information content (AvgIpc) is 2.27. The summed E-state index contributed by atoms with van der Waals surface area (Å²) in [5, 5.41) is 2.83. The zero-order valence-corrected chi connectivity index (χ0v) is 13.6. The molecule has 0 saturated heterocycles. The highest BCUT2D eigenvalue weighted by Crippen LogP contribution is 2.27. The number of nitrogens with one attached hydrogen (secondary N) is 1. The normalized spacial score (nSPS) is 12.9. The molecule has 1 atom stereocenters. The highest BCUT2D eigenvalue weighted by molar-refractivity contribution is 7.99. The van der Waals surface area contributed by atoms with Crippen molar-refractivity contribution < 1.29 is 14.3 Å². The van der Waals surface area contributed by atoms with Gasteiger partial charge in [-0.05, 0) is 30.3 Å². The number of amides is 1. The van der Waals surface area contributed by atoms with Crippen molar-refractivity contribution >= 4 is 23.6 Å². The van der Waals surface area contributed by atoms with Crippen LogP contribution < -0.4 is 5.32 Å². The van der Waals surface area contributed by atoms with Crippen LogP contribution >= 0.6 is 11.8 Å². The lowest BCUT2D eigenvalue weighted by molar-refractivity contribution is -0.156. The van der Waals surface area contributed by atoms with Crippen LogP contribution in [0.2, 0.25) is 0 Å². The highest BCUT2D eigenvalue weighted by Gasteiger charge is 2.38. The van der Waals surface area contributed by atoms with Crippen LogP contribution in [0.3, 0.4) is 0 Å². The SMILES string of the molecule is CCOC(=O)C(C(=O)NCCCSCC)C(C)(C)C. The van der Waals surface area contributed by atoms with E-state index in [1.54, 1.807) is 6.92 Å². The van der Waals surface area contributed by atoms with Gasteiger partial charge in [-0.2, -0.15) is 11.8 Å². The van der Waals surface area contributed by atoms with Gasteiger partial charge in [-0.25, -0.2) is 0 Å². The van der Waals surface area contributed by atoms with Crippen molar-refractivity contribution in [2.24, 2.45) is 11.3 Å². The third-order valence-corrected chi connectivity index (χ3v) is 3.60. The molecule has 0 aromatic rings. The second-order valence-corrected chi connectivity index (χ2v) is 6.79. The zero-order valence-electron chi connectivity index (χ0n) is 12.7. The fourth-order valence-electron chi connectivity index (χ4n) is 1.71. The quantitative estimate of drug-likeness (QED) is 0.424. The van der Waals surface area contributed by atoms with E-state index in [1.165, 1.54) is 0 Å². The Morgan fingerprint density at radius 3 is 2.37 bits per heavy atom. The van der Waals surface area contributed by atoms with E-state index in [1.807, 2.05) is 32.5 Å². The smallest absolute Gasteiger partial charge is 0.319 e. The molecule has 0 aliphatic heterocycles. The fourth-order valence-corrected chi connectivity index (χ4v) is 2.35. The molecule has 0 aromatic heterocycles. The van der Waals surface area contributed by atoms with Crippen molar-refractivity contribution in [2.45, 2.75) is 41.0 Å². The van der Waals surface area contributed by atoms with Crippen LogP contribution in [0.1, 0.15) is 41.0 Å². The molecule has 0 saturated carbocycles. The molecule has 0 aliphatic carbocycles. The van der Waals surface area contributed by atoms with Crippen LogP contribution in [-0.4, -0.2) is 36.5 Å². The van der Waals surface area contributed by atoms with E-state index in [-0.39, 0.29) is 5.91 Å². The second-order valence-electron chi connectivity index (χ2n) is 5.39. The maximum Gasteiger partial charge on any atom is 0.319 e. The first-order valence-electron chi connectivity index (χ1n) is 6.86. The lowest BCUT2D eigenvalue weighted by atomic mass is 9.80. The summed E-state index contributed by atoms with van der Waals surface area (Å²) in [6.07, 6.45) is 0.921. The molecule has 0 aliphatic rings. The summed E-state index contributed by atoms with van der Waals surface area (Å²) in [4.78, 5) is 24.0. The first kappa shape index (κ1) is 18.3. The molecule has 112 valence electrons. The third-order valence-electron chi connectivity index (χ3n) is 2.62. The topological polar surface area (TPSA) is 55.4 Å². The van der Waals surface area contributed by atoms with Crippen LogP contribution in [0.4, 0.5) is 0 Å². The summed E-state index contributed by atoms with van der Waals surface area (Å²) in [6, 6.07) is 0. The van der Waals surface area contributed by atoms with Crippen molar-refractivity contribution in [2.75, 3.05) is 24.7 Å². The van der Waals surface area contributed by atoms with Gasteiger partial charge in [0, 0.05) is 6.54 Å².